The van der Waals surface area contributed by atoms with Gasteiger partial charge in [0.2, 0.25) is 0 Å². The Kier molecular flexibility index (Phi) is 6.41. The summed E-state index contributed by atoms with van der Waals surface area (Å²) in [6, 6.07) is 14.1. The number of ketones is 1. The third-order valence-corrected chi connectivity index (χ3v) is 5.04. The van der Waals surface area contributed by atoms with Crippen LogP contribution in [-0.2, 0) is 4.79 Å². The van der Waals surface area contributed by atoms with Crippen molar-refractivity contribution in [1.29, 1.82) is 0 Å². The van der Waals surface area contributed by atoms with Crippen LogP contribution in [-0.4, -0.2) is 30.2 Å². The van der Waals surface area contributed by atoms with Crippen LogP contribution >= 0.6 is 23.2 Å². The highest BCUT2D eigenvalue weighted by molar-refractivity contribution is 6.30. The summed E-state index contributed by atoms with van der Waals surface area (Å²) in [5, 5.41) is 11.5. The largest absolute Gasteiger partial charge is 0.493 e. The molecule has 3 rings (SSSR count). The Morgan fingerprint density at radius 1 is 0.885 bits per heavy atom. The van der Waals surface area contributed by atoms with Gasteiger partial charge >= 0.3 is 0 Å². The number of carbonyl (C=O) groups excluding carboxylic acids is 1. The van der Waals surface area contributed by atoms with Crippen LogP contribution in [0.4, 0.5) is 0 Å². The SMILES string of the molecule is O=C1CC(O)C(COc2ccc(Cl)cc2)CC1COc1ccc(Cl)cc1. The third-order valence-electron chi connectivity index (χ3n) is 4.54. The van der Waals surface area contributed by atoms with Crippen molar-refractivity contribution in [1.82, 2.24) is 0 Å². The first-order valence-corrected chi connectivity index (χ1v) is 9.24. The summed E-state index contributed by atoms with van der Waals surface area (Å²) in [6.45, 7) is 0.623. The quantitative estimate of drug-likeness (QED) is 0.788. The normalized spacial score (nSPS) is 22.9. The lowest BCUT2D eigenvalue weighted by atomic mass is 9.79. The average molecular weight is 395 g/mol. The average Bonchev–Trinajstić information content (AvgIpc) is 2.63. The van der Waals surface area contributed by atoms with Crippen LogP contribution in [0.5, 0.6) is 11.5 Å². The molecule has 26 heavy (non-hydrogen) atoms. The van der Waals surface area contributed by atoms with Gasteiger partial charge in [0, 0.05) is 22.4 Å². The molecule has 0 aromatic heterocycles. The first-order valence-electron chi connectivity index (χ1n) is 8.49. The summed E-state index contributed by atoms with van der Waals surface area (Å²) >= 11 is 11.7. The van der Waals surface area contributed by atoms with E-state index in [0.717, 1.165) is 0 Å². The van der Waals surface area contributed by atoms with Crippen LogP contribution < -0.4 is 9.47 Å². The fourth-order valence-corrected chi connectivity index (χ4v) is 3.25. The Labute approximate surface area is 162 Å². The van der Waals surface area contributed by atoms with Crippen molar-refractivity contribution in [2.75, 3.05) is 13.2 Å². The molecule has 0 heterocycles. The first kappa shape index (κ1) is 19.0. The highest BCUT2D eigenvalue weighted by Gasteiger charge is 2.35. The first-order chi connectivity index (χ1) is 12.5. The van der Waals surface area contributed by atoms with Crippen LogP contribution in [0.2, 0.25) is 10.0 Å². The lowest BCUT2D eigenvalue weighted by Crippen LogP contribution is -2.40. The molecule has 1 aliphatic rings. The molecule has 0 saturated heterocycles. The zero-order chi connectivity index (χ0) is 18.5. The maximum atomic E-state index is 12.2. The predicted octanol–water partition coefficient (Wildman–Crippen LogP) is 4.41. The number of rotatable bonds is 6. The lowest BCUT2D eigenvalue weighted by Gasteiger charge is -2.32. The van der Waals surface area contributed by atoms with E-state index < -0.39 is 6.10 Å². The van der Waals surface area contributed by atoms with Gasteiger partial charge in [-0.15, -0.1) is 0 Å². The van der Waals surface area contributed by atoms with Gasteiger partial charge in [0.15, 0.2) is 0 Å². The summed E-state index contributed by atoms with van der Waals surface area (Å²) in [5.41, 5.74) is 0. The molecule has 2 aromatic rings. The number of halogens is 2. The Balaban J connectivity index is 1.54. The molecule has 0 amide bonds. The molecule has 3 unspecified atom stereocenters. The van der Waals surface area contributed by atoms with Crippen LogP contribution in [0.3, 0.4) is 0 Å². The van der Waals surface area contributed by atoms with Gasteiger partial charge in [-0.2, -0.15) is 0 Å². The molecule has 1 fully saturated rings. The number of hydrogen-bond donors (Lipinski definition) is 1. The van der Waals surface area contributed by atoms with Crippen molar-refractivity contribution < 1.29 is 19.4 Å². The van der Waals surface area contributed by atoms with Gasteiger partial charge in [-0.25, -0.2) is 0 Å². The van der Waals surface area contributed by atoms with Gasteiger partial charge in [0.1, 0.15) is 17.3 Å². The highest BCUT2D eigenvalue weighted by Crippen LogP contribution is 2.29. The van der Waals surface area contributed by atoms with E-state index in [1.165, 1.54) is 0 Å². The molecule has 1 N–H and O–H groups in total. The number of ether oxygens (including phenoxy) is 2. The maximum absolute atomic E-state index is 12.2. The van der Waals surface area contributed by atoms with Gasteiger partial charge in [-0.05, 0) is 55.0 Å². The van der Waals surface area contributed by atoms with Gasteiger partial charge in [0.25, 0.3) is 0 Å². The third kappa shape index (κ3) is 5.13. The molecule has 0 spiro atoms. The number of aliphatic hydroxyl groups is 1. The fraction of sp³-hybridized carbons (Fsp3) is 0.350. The number of hydrogen-bond acceptors (Lipinski definition) is 4. The monoisotopic (exact) mass is 394 g/mol. The van der Waals surface area contributed by atoms with Crippen molar-refractivity contribution in [3.8, 4) is 11.5 Å². The van der Waals surface area contributed by atoms with Crippen molar-refractivity contribution in [2.45, 2.75) is 18.9 Å². The topological polar surface area (TPSA) is 55.8 Å². The fourth-order valence-electron chi connectivity index (χ4n) is 3.00. The number of carbonyl (C=O) groups is 1. The summed E-state index contributed by atoms with van der Waals surface area (Å²) < 4.78 is 11.5. The van der Waals surface area contributed by atoms with Crippen molar-refractivity contribution >= 4 is 29.0 Å². The highest BCUT2D eigenvalue weighted by atomic mass is 35.5. The minimum absolute atomic E-state index is 0.0224. The standard InChI is InChI=1S/C20H20Cl2O4/c21-15-1-5-17(6-2-15)25-11-13-9-14(20(24)10-19(13)23)12-26-18-7-3-16(22)4-8-18/h1-8,13-14,19,23H,9-12H2. The molecule has 0 radical (unpaired) electrons. The van der Waals surface area contributed by atoms with Crippen molar-refractivity contribution in [3.05, 3.63) is 58.6 Å². The second kappa shape index (κ2) is 8.76. The van der Waals surface area contributed by atoms with E-state index in [1.807, 2.05) is 0 Å². The smallest absolute Gasteiger partial charge is 0.141 e. The van der Waals surface area contributed by atoms with E-state index >= 15 is 0 Å². The molecule has 138 valence electrons. The summed E-state index contributed by atoms with van der Waals surface area (Å²) in [6.07, 6.45) is -0.0358. The Morgan fingerprint density at radius 3 is 1.92 bits per heavy atom. The molecule has 0 aliphatic heterocycles. The van der Waals surface area contributed by atoms with Gasteiger partial charge in [0.05, 0.1) is 25.2 Å². The molecule has 1 saturated carbocycles. The molecule has 1 aliphatic carbocycles. The Morgan fingerprint density at radius 2 is 1.38 bits per heavy atom. The second-order valence-electron chi connectivity index (χ2n) is 6.46. The van der Waals surface area contributed by atoms with Crippen LogP contribution in [0.15, 0.2) is 48.5 Å². The van der Waals surface area contributed by atoms with E-state index in [4.69, 9.17) is 32.7 Å². The van der Waals surface area contributed by atoms with Crippen LogP contribution in [0.1, 0.15) is 12.8 Å². The van der Waals surface area contributed by atoms with E-state index in [1.54, 1.807) is 48.5 Å². The molecule has 6 heteroatoms. The van der Waals surface area contributed by atoms with Crippen LogP contribution in [0.25, 0.3) is 0 Å². The predicted molar refractivity (Wildman–Crippen MR) is 101 cm³/mol. The Bertz CT molecular complexity index is 730. The van der Waals surface area contributed by atoms with Crippen molar-refractivity contribution in [2.24, 2.45) is 11.8 Å². The minimum atomic E-state index is -0.693. The molecular formula is C20H20Cl2O4. The molecule has 2 aromatic carbocycles. The summed E-state index contributed by atoms with van der Waals surface area (Å²) in [4.78, 5) is 12.2. The molecule has 0 bridgehead atoms. The van der Waals surface area contributed by atoms with Crippen LogP contribution in [0, 0.1) is 11.8 Å². The zero-order valence-corrected chi connectivity index (χ0v) is 15.6. The lowest BCUT2D eigenvalue weighted by molar-refractivity contribution is -0.132. The molecule has 4 nitrogen and oxygen atoms in total. The van der Waals surface area contributed by atoms with Gasteiger partial charge in [-0.1, -0.05) is 23.2 Å². The van der Waals surface area contributed by atoms with Gasteiger partial charge < -0.3 is 14.6 Å². The Hall–Kier alpha value is -1.75. The van der Waals surface area contributed by atoms with Gasteiger partial charge in [-0.3, -0.25) is 4.79 Å². The second-order valence-corrected chi connectivity index (χ2v) is 7.33. The van der Waals surface area contributed by atoms with Crippen molar-refractivity contribution in [3.63, 3.8) is 0 Å². The number of Topliss-reactive ketones (excluding diaryl/α,β-unsaturated/α-hetero) is 1. The molecule has 3 atom stereocenters. The maximum Gasteiger partial charge on any atom is 0.141 e. The van der Waals surface area contributed by atoms with E-state index in [9.17, 15) is 9.90 Å². The summed E-state index contributed by atoms with van der Waals surface area (Å²) in [7, 11) is 0. The van der Waals surface area contributed by atoms with E-state index in [-0.39, 0.29) is 30.6 Å². The number of aliphatic hydroxyl groups excluding tert-OH is 1. The van der Waals surface area contributed by atoms with E-state index in [2.05, 4.69) is 0 Å². The minimum Gasteiger partial charge on any atom is -0.493 e. The molecular weight excluding hydrogens is 375 g/mol. The summed E-state index contributed by atoms with van der Waals surface area (Å²) in [5.74, 6) is 0.999. The van der Waals surface area contributed by atoms with E-state index in [0.29, 0.717) is 34.6 Å². The zero-order valence-electron chi connectivity index (χ0n) is 14.1. The number of benzene rings is 2.